The third-order valence-corrected chi connectivity index (χ3v) is 5.53. The summed E-state index contributed by atoms with van der Waals surface area (Å²) in [5, 5.41) is 10.9. The molecule has 0 bridgehead atoms. The number of thiophene rings is 1. The summed E-state index contributed by atoms with van der Waals surface area (Å²) in [5.74, 6) is -1.16. The van der Waals surface area contributed by atoms with Gasteiger partial charge in [-0.15, -0.1) is 11.3 Å². The van der Waals surface area contributed by atoms with E-state index >= 15 is 0 Å². The van der Waals surface area contributed by atoms with Crippen molar-refractivity contribution in [3.8, 4) is 0 Å². The van der Waals surface area contributed by atoms with Gasteiger partial charge in [-0.1, -0.05) is 13.0 Å². The number of hydrogen-bond acceptors (Lipinski definition) is 4. The average Bonchev–Trinajstić information content (AvgIpc) is 3.05. The van der Waals surface area contributed by atoms with E-state index in [1.165, 1.54) is 29.1 Å². The van der Waals surface area contributed by atoms with Crippen LogP contribution in [0.25, 0.3) is 0 Å². The number of aromatic carboxylic acids is 1. The van der Waals surface area contributed by atoms with Crippen molar-refractivity contribution >= 4 is 27.3 Å². The van der Waals surface area contributed by atoms with Crippen molar-refractivity contribution < 1.29 is 18.3 Å². The van der Waals surface area contributed by atoms with Crippen LogP contribution in [-0.4, -0.2) is 24.1 Å². The Labute approximate surface area is 127 Å². The van der Waals surface area contributed by atoms with E-state index in [0.29, 0.717) is 6.42 Å². The Kier molecular flexibility index (Phi) is 4.50. The fourth-order valence-corrected chi connectivity index (χ4v) is 4.29. The maximum atomic E-state index is 12.4. The first-order valence-electron chi connectivity index (χ1n) is 6.30. The lowest BCUT2D eigenvalue weighted by molar-refractivity contribution is 0.0686. The van der Waals surface area contributed by atoms with Crippen molar-refractivity contribution in [3.05, 3.63) is 40.3 Å². The van der Waals surface area contributed by atoms with Crippen LogP contribution in [0.15, 0.2) is 34.7 Å². The standard InChI is InChI=1S/C13H16N2O4S2/c1-3-10(12-5-4-6-20-12)14-21(18,19)9-7-11(13(16)17)15(2)8-9/h4-8,10,14H,3H2,1-2H3,(H,16,17). The van der Waals surface area contributed by atoms with E-state index in [2.05, 4.69) is 4.72 Å². The van der Waals surface area contributed by atoms with Gasteiger partial charge in [0, 0.05) is 18.1 Å². The number of aromatic nitrogens is 1. The van der Waals surface area contributed by atoms with Crippen LogP contribution < -0.4 is 4.72 Å². The highest BCUT2D eigenvalue weighted by Crippen LogP contribution is 2.24. The molecule has 0 aromatic carbocycles. The van der Waals surface area contributed by atoms with Crippen LogP contribution in [0.5, 0.6) is 0 Å². The molecule has 0 spiro atoms. The van der Waals surface area contributed by atoms with Crippen molar-refractivity contribution in [3.63, 3.8) is 0 Å². The molecular weight excluding hydrogens is 312 g/mol. The van der Waals surface area contributed by atoms with Crippen LogP contribution in [0, 0.1) is 0 Å². The summed E-state index contributed by atoms with van der Waals surface area (Å²) in [6.45, 7) is 1.89. The van der Waals surface area contributed by atoms with Gasteiger partial charge in [-0.05, 0) is 23.9 Å². The summed E-state index contributed by atoms with van der Waals surface area (Å²) in [5.41, 5.74) is -0.0699. The summed E-state index contributed by atoms with van der Waals surface area (Å²) in [6.07, 6.45) is 1.91. The van der Waals surface area contributed by atoms with Gasteiger partial charge in [0.25, 0.3) is 0 Å². The molecule has 0 amide bonds. The second-order valence-electron chi connectivity index (χ2n) is 4.57. The summed E-state index contributed by atoms with van der Waals surface area (Å²) < 4.78 is 28.6. The van der Waals surface area contributed by atoms with Crippen LogP contribution in [0.2, 0.25) is 0 Å². The molecule has 0 aliphatic carbocycles. The number of carbonyl (C=O) groups is 1. The lowest BCUT2D eigenvalue weighted by Gasteiger charge is -2.14. The highest BCUT2D eigenvalue weighted by molar-refractivity contribution is 7.89. The Morgan fingerprint density at radius 1 is 1.52 bits per heavy atom. The summed E-state index contributed by atoms with van der Waals surface area (Å²) in [4.78, 5) is 11.9. The second-order valence-corrected chi connectivity index (χ2v) is 7.27. The predicted molar refractivity (Wildman–Crippen MR) is 80.0 cm³/mol. The zero-order valence-electron chi connectivity index (χ0n) is 11.6. The number of carboxylic acid groups (broad SMARTS) is 1. The van der Waals surface area contributed by atoms with Crippen molar-refractivity contribution in [2.75, 3.05) is 0 Å². The molecule has 2 heterocycles. The van der Waals surface area contributed by atoms with Crippen molar-refractivity contribution in [1.29, 1.82) is 0 Å². The summed E-state index contributed by atoms with van der Waals surface area (Å²) >= 11 is 1.48. The zero-order chi connectivity index (χ0) is 15.6. The van der Waals surface area contributed by atoms with Crippen molar-refractivity contribution in [1.82, 2.24) is 9.29 Å². The smallest absolute Gasteiger partial charge is 0.352 e. The lowest BCUT2D eigenvalue weighted by atomic mass is 10.2. The Morgan fingerprint density at radius 3 is 2.71 bits per heavy atom. The van der Waals surface area contributed by atoms with Gasteiger partial charge in [-0.25, -0.2) is 17.9 Å². The molecule has 2 rings (SSSR count). The number of hydrogen-bond donors (Lipinski definition) is 2. The molecular formula is C13H16N2O4S2. The zero-order valence-corrected chi connectivity index (χ0v) is 13.2. The van der Waals surface area contributed by atoms with Gasteiger partial charge < -0.3 is 9.67 Å². The van der Waals surface area contributed by atoms with E-state index < -0.39 is 16.0 Å². The van der Waals surface area contributed by atoms with E-state index in [-0.39, 0.29) is 16.6 Å². The first-order valence-corrected chi connectivity index (χ1v) is 8.67. The largest absolute Gasteiger partial charge is 0.477 e. The van der Waals surface area contributed by atoms with Gasteiger partial charge in [0.05, 0.1) is 6.04 Å². The molecule has 0 saturated carbocycles. The minimum Gasteiger partial charge on any atom is -0.477 e. The Morgan fingerprint density at radius 2 is 2.24 bits per heavy atom. The molecule has 0 aliphatic heterocycles. The molecule has 1 atom stereocenters. The molecule has 114 valence electrons. The lowest BCUT2D eigenvalue weighted by Crippen LogP contribution is -2.27. The summed E-state index contributed by atoms with van der Waals surface area (Å²) in [6, 6.07) is 4.58. The first kappa shape index (κ1) is 15.7. The molecule has 8 heteroatoms. The van der Waals surface area contributed by atoms with Crippen LogP contribution in [-0.2, 0) is 17.1 Å². The number of rotatable bonds is 6. The highest BCUT2D eigenvalue weighted by Gasteiger charge is 2.24. The molecule has 21 heavy (non-hydrogen) atoms. The normalized spacial score (nSPS) is 13.2. The van der Waals surface area contributed by atoms with Crippen LogP contribution in [0.3, 0.4) is 0 Å². The van der Waals surface area contributed by atoms with Gasteiger partial charge in [0.1, 0.15) is 10.6 Å². The average molecular weight is 328 g/mol. The predicted octanol–water partition coefficient (Wildman–Crippen LogP) is 2.21. The fourth-order valence-electron chi connectivity index (χ4n) is 1.98. The molecule has 2 N–H and O–H groups in total. The molecule has 0 saturated heterocycles. The van der Waals surface area contributed by atoms with E-state index in [0.717, 1.165) is 10.9 Å². The van der Waals surface area contributed by atoms with Crippen LogP contribution in [0.4, 0.5) is 0 Å². The van der Waals surface area contributed by atoms with Gasteiger partial charge in [-0.2, -0.15) is 0 Å². The molecule has 2 aromatic heterocycles. The summed E-state index contributed by atoms with van der Waals surface area (Å²) in [7, 11) is -2.26. The Bertz CT molecular complexity index is 732. The minimum absolute atomic E-state index is 0.0441. The third kappa shape index (κ3) is 3.34. The quantitative estimate of drug-likeness (QED) is 0.851. The fraction of sp³-hybridized carbons (Fsp3) is 0.308. The first-order chi connectivity index (χ1) is 9.85. The SMILES string of the molecule is CCC(NS(=O)(=O)c1cc(C(=O)O)n(C)c1)c1cccs1. The number of carboxylic acids is 1. The maximum absolute atomic E-state index is 12.4. The minimum atomic E-state index is -3.76. The van der Waals surface area contributed by atoms with E-state index in [1.807, 2.05) is 24.4 Å². The van der Waals surface area contributed by atoms with E-state index in [1.54, 1.807) is 0 Å². The van der Waals surface area contributed by atoms with Crippen LogP contribution >= 0.6 is 11.3 Å². The third-order valence-electron chi connectivity index (χ3n) is 3.10. The number of sulfonamides is 1. The van der Waals surface area contributed by atoms with Crippen molar-refractivity contribution in [2.45, 2.75) is 24.3 Å². The monoisotopic (exact) mass is 328 g/mol. The van der Waals surface area contributed by atoms with Gasteiger partial charge in [0.15, 0.2) is 0 Å². The number of nitrogens with one attached hydrogen (secondary N) is 1. The van der Waals surface area contributed by atoms with Gasteiger partial charge >= 0.3 is 5.97 Å². The van der Waals surface area contributed by atoms with Gasteiger partial charge in [-0.3, -0.25) is 0 Å². The Hall–Kier alpha value is -1.64. The molecule has 6 nitrogen and oxygen atoms in total. The molecule has 1 unspecified atom stereocenters. The highest BCUT2D eigenvalue weighted by atomic mass is 32.2. The van der Waals surface area contributed by atoms with E-state index in [4.69, 9.17) is 5.11 Å². The number of nitrogens with zero attached hydrogens (tertiary/aromatic N) is 1. The maximum Gasteiger partial charge on any atom is 0.352 e. The van der Waals surface area contributed by atoms with Gasteiger partial charge in [0.2, 0.25) is 10.0 Å². The van der Waals surface area contributed by atoms with E-state index in [9.17, 15) is 13.2 Å². The molecule has 0 fully saturated rings. The molecule has 0 aliphatic rings. The van der Waals surface area contributed by atoms with Crippen molar-refractivity contribution in [2.24, 2.45) is 7.05 Å². The molecule has 2 aromatic rings. The topological polar surface area (TPSA) is 88.4 Å². The Balaban J connectivity index is 2.30. The molecule has 0 radical (unpaired) electrons. The second kappa shape index (κ2) is 6.00. The van der Waals surface area contributed by atoms with Crippen LogP contribution in [0.1, 0.15) is 34.8 Å². The number of aryl methyl sites for hydroxylation is 1.